The lowest BCUT2D eigenvalue weighted by atomic mass is 10.2. The number of imidazole rings is 1. The van der Waals surface area contributed by atoms with Crippen molar-refractivity contribution in [3.8, 4) is 5.69 Å². The lowest BCUT2D eigenvalue weighted by molar-refractivity contribution is -0.123. The quantitative estimate of drug-likeness (QED) is 0.768. The Balaban J connectivity index is 0.00000242. The fraction of sp³-hybridized carbons (Fsp3) is 0.375. The van der Waals surface area contributed by atoms with Crippen molar-refractivity contribution >= 4 is 18.3 Å². The molecule has 0 saturated carbocycles. The van der Waals surface area contributed by atoms with Crippen LogP contribution in [-0.2, 0) is 11.3 Å². The molecule has 1 aromatic carbocycles. The summed E-state index contributed by atoms with van der Waals surface area (Å²) in [5.74, 6) is 0.141. The van der Waals surface area contributed by atoms with E-state index in [1.54, 1.807) is 12.5 Å². The van der Waals surface area contributed by atoms with Gasteiger partial charge in [0.1, 0.15) is 0 Å². The van der Waals surface area contributed by atoms with Crippen LogP contribution in [0.5, 0.6) is 0 Å². The molecule has 0 saturated heterocycles. The van der Waals surface area contributed by atoms with Crippen LogP contribution in [0, 0.1) is 5.92 Å². The van der Waals surface area contributed by atoms with Gasteiger partial charge >= 0.3 is 0 Å². The van der Waals surface area contributed by atoms with Crippen LogP contribution in [0.4, 0.5) is 0 Å². The third-order valence-electron chi connectivity index (χ3n) is 3.19. The molecule has 2 N–H and O–H groups in total. The molecule has 5 nitrogen and oxygen atoms in total. The molecule has 0 spiro atoms. The van der Waals surface area contributed by atoms with Gasteiger partial charge in [0.25, 0.3) is 0 Å². The number of nitrogens with zero attached hydrogens (tertiary/aromatic N) is 2. The molecule has 1 amide bonds. The average Bonchev–Trinajstić information content (AvgIpc) is 3.01. The molecule has 2 aromatic rings. The maximum Gasteiger partial charge on any atom is 0.222 e. The Morgan fingerprint density at radius 2 is 1.95 bits per heavy atom. The second-order valence-electron chi connectivity index (χ2n) is 5.26. The van der Waals surface area contributed by atoms with Crippen molar-refractivity contribution in [1.29, 1.82) is 0 Å². The molecule has 120 valence electrons. The van der Waals surface area contributed by atoms with Crippen molar-refractivity contribution in [2.24, 2.45) is 5.92 Å². The van der Waals surface area contributed by atoms with Crippen molar-refractivity contribution in [1.82, 2.24) is 20.2 Å². The lowest BCUT2D eigenvalue weighted by Gasteiger charge is -2.09. The molecule has 2 rings (SSSR count). The molecule has 0 aliphatic carbocycles. The molecule has 1 heterocycles. The Morgan fingerprint density at radius 3 is 2.55 bits per heavy atom. The fourth-order valence-corrected chi connectivity index (χ4v) is 1.91. The SMILES string of the molecule is CC(C)C(=O)NCCNCc1ccc(-n2ccnc2)cc1.Cl. The highest BCUT2D eigenvalue weighted by Crippen LogP contribution is 2.08. The molecular formula is C16H23ClN4O. The van der Waals surface area contributed by atoms with E-state index in [4.69, 9.17) is 0 Å². The van der Waals surface area contributed by atoms with Gasteiger partial charge in [-0.2, -0.15) is 0 Å². The number of hydrogen-bond acceptors (Lipinski definition) is 3. The van der Waals surface area contributed by atoms with Gasteiger partial charge in [0.15, 0.2) is 0 Å². The number of aromatic nitrogens is 2. The minimum Gasteiger partial charge on any atom is -0.355 e. The Morgan fingerprint density at radius 1 is 1.23 bits per heavy atom. The standard InChI is InChI=1S/C16H22N4O.ClH/c1-13(2)16(21)19-8-7-17-11-14-3-5-15(6-4-14)20-10-9-18-12-20;/h3-6,9-10,12-13,17H,7-8,11H2,1-2H3,(H,19,21);1H. The maximum absolute atomic E-state index is 11.4. The summed E-state index contributed by atoms with van der Waals surface area (Å²) in [5.41, 5.74) is 2.31. The summed E-state index contributed by atoms with van der Waals surface area (Å²) in [5, 5.41) is 6.20. The molecule has 0 atom stereocenters. The Kier molecular flexibility index (Phi) is 7.63. The first kappa shape index (κ1) is 18.2. The van der Waals surface area contributed by atoms with E-state index >= 15 is 0 Å². The van der Waals surface area contributed by atoms with Crippen molar-refractivity contribution in [3.63, 3.8) is 0 Å². The molecule has 0 aliphatic heterocycles. The van der Waals surface area contributed by atoms with Gasteiger partial charge in [-0.05, 0) is 17.7 Å². The second-order valence-corrected chi connectivity index (χ2v) is 5.26. The number of nitrogens with one attached hydrogen (secondary N) is 2. The first-order valence-electron chi connectivity index (χ1n) is 7.22. The lowest BCUT2D eigenvalue weighted by Crippen LogP contribution is -2.34. The van der Waals surface area contributed by atoms with Crippen LogP contribution in [0.1, 0.15) is 19.4 Å². The monoisotopic (exact) mass is 322 g/mol. The van der Waals surface area contributed by atoms with Crippen LogP contribution in [-0.4, -0.2) is 28.5 Å². The molecule has 0 fully saturated rings. The number of hydrogen-bond donors (Lipinski definition) is 2. The molecular weight excluding hydrogens is 300 g/mol. The summed E-state index contributed by atoms with van der Waals surface area (Å²) < 4.78 is 1.97. The molecule has 0 bridgehead atoms. The van der Waals surface area contributed by atoms with E-state index in [0.717, 1.165) is 18.8 Å². The zero-order chi connectivity index (χ0) is 15.1. The van der Waals surface area contributed by atoms with Crippen LogP contribution in [0.25, 0.3) is 5.69 Å². The van der Waals surface area contributed by atoms with Gasteiger partial charge in [-0.1, -0.05) is 26.0 Å². The summed E-state index contributed by atoms with van der Waals surface area (Å²) in [4.78, 5) is 15.4. The minimum atomic E-state index is 0. The van der Waals surface area contributed by atoms with Gasteiger partial charge in [0, 0.05) is 43.6 Å². The molecule has 0 aliphatic rings. The third-order valence-corrected chi connectivity index (χ3v) is 3.19. The summed E-state index contributed by atoms with van der Waals surface area (Å²) in [7, 11) is 0. The van der Waals surface area contributed by atoms with E-state index < -0.39 is 0 Å². The van der Waals surface area contributed by atoms with Crippen LogP contribution in [0.2, 0.25) is 0 Å². The Bertz CT molecular complexity index is 552. The number of carbonyl (C=O) groups excluding carboxylic acids is 1. The van der Waals surface area contributed by atoms with E-state index in [1.165, 1.54) is 5.56 Å². The van der Waals surface area contributed by atoms with Gasteiger partial charge in [0.2, 0.25) is 5.91 Å². The van der Waals surface area contributed by atoms with Crippen molar-refractivity contribution in [3.05, 3.63) is 48.5 Å². The van der Waals surface area contributed by atoms with Gasteiger partial charge in [0.05, 0.1) is 6.33 Å². The predicted octanol–water partition coefficient (Wildman–Crippen LogP) is 2.16. The largest absolute Gasteiger partial charge is 0.355 e. The van der Waals surface area contributed by atoms with Crippen LogP contribution >= 0.6 is 12.4 Å². The van der Waals surface area contributed by atoms with E-state index in [1.807, 2.05) is 24.6 Å². The normalized spacial score (nSPS) is 10.3. The van der Waals surface area contributed by atoms with E-state index in [2.05, 4.69) is 39.9 Å². The smallest absolute Gasteiger partial charge is 0.222 e. The highest BCUT2D eigenvalue weighted by atomic mass is 35.5. The predicted molar refractivity (Wildman–Crippen MR) is 90.4 cm³/mol. The fourth-order valence-electron chi connectivity index (χ4n) is 1.91. The number of amides is 1. The van der Waals surface area contributed by atoms with Crippen molar-refractivity contribution in [2.45, 2.75) is 20.4 Å². The maximum atomic E-state index is 11.4. The Hall–Kier alpha value is -1.85. The molecule has 6 heteroatoms. The van der Waals surface area contributed by atoms with Crippen molar-refractivity contribution in [2.75, 3.05) is 13.1 Å². The van der Waals surface area contributed by atoms with Gasteiger partial charge in [-0.3, -0.25) is 4.79 Å². The highest BCUT2D eigenvalue weighted by molar-refractivity contribution is 5.85. The minimum absolute atomic E-state index is 0. The number of benzene rings is 1. The topological polar surface area (TPSA) is 59.0 Å². The Labute approximate surface area is 137 Å². The summed E-state index contributed by atoms with van der Waals surface area (Å²) in [6, 6.07) is 8.32. The van der Waals surface area contributed by atoms with Crippen LogP contribution < -0.4 is 10.6 Å². The van der Waals surface area contributed by atoms with Gasteiger partial charge < -0.3 is 15.2 Å². The summed E-state index contributed by atoms with van der Waals surface area (Å²) in [6.45, 7) is 6.00. The number of halogens is 1. The molecule has 0 radical (unpaired) electrons. The first-order valence-corrected chi connectivity index (χ1v) is 7.22. The summed E-state index contributed by atoms with van der Waals surface area (Å²) in [6.07, 6.45) is 5.47. The average molecular weight is 323 g/mol. The second kappa shape index (κ2) is 9.23. The highest BCUT2D eigenvalue weighted by Gasteiger charge is 2.04. The van der Waals surface area contributed by atoms with Crippen LogP contribution in [0.3, 0.4) is 0 Å². The third kappa shape index (κ3) is 5.50. The first-order chi connectivity index (χ1) is 10.2. The number of carbonyl (C=O) groups is 1. The van der Waals surface area contributed by atoms with Crippen LogP contribution in [0.15, 0.2) is 43.0 Å². The van der Waals surface area contributed by atoms with Crippen molar-refractivity contribution < 1.29 is 4.79 Å². The molecule has 1 aromatic heterocycles. The van der Waals surface area contributed by atoms with E-state index in [-0.39, 0.29) is 24.2 Å². The summed E-state index contributed by atoms with van der Waals surface area (Å²) >= 11 is 0. The van der Waals surface area contributed by atoms with Gasteiger partial charge in [-0.15, -0.1) is 12.4 Å². The van der Waals surface area contributed by atoms with E-state index in [9.17, 15) is 4.79 Å². The zero-order valence-corrected chi connectivity index (χ0v) is 13.8. The zero-order valence-electron chi connectivity index (χ0n) is 13.0. The molecule has 22 heavy (non-hydrogen) atoms. The van der Waals surface area contributed by atoms with E-state index in [0.29, 0.717) is 6.54 Å². The molecule has 0 unspecified atom stereocenters. The number of rotatable bonds is 7. The van der Waals surface area contributed by atoms with Gasteiger partial charge in [-0.25, -0.2) is 4.98 Å².